The zero-order chi connectivity index (χ0) is 12.3. The van der Waals surface area contributed by atoms with Gasteiger partial charge < -0.3 is 5.73 Å². The van der Waals surface area contributed by atoms with Gasteiger partial charge in [0.15, 0.2) is 0 Å². The van der Waals surface area contributed by atoms with Crippen LogP contribution in [0.2, 0.25) is 0 Å². The zero-order valence-corrected chi connectivity index (χ0v) is 12.2. The van der Waals surface area contributed by atoms with Crippen LogP contribution in [0.1, 0.15) is 28.5 Å². The van der Waals surface area contributed by atoms with E-state index in [-0.39, 0.29) is 6.04 Å². The Kier molecular flexibility index (Phi) is 4.37. The molecule has 2 aromatic rings. The Balaban J connectivity index is 1.99. The molecule has 1 unspecified atom stereocenters. The fraction of sp³-hybridized carbons (Fsp3) is 0.286. The van der Waals surface area contributed by atoms with Gasteiger partial charge in [-0.3, -0.25) is 0 Å². The van der Waals surface area contributed by atoms with Crippen LogP contribution in [0.4, 0.5) is 0 Å². The summed E-state index contributed by atoms with van der Waals surface area (Å²) in [4.78, 5) is 1.41. The highest BCUT2D eigenvalue weighted by molar-refractivity contribution is 9.10. The Morgan fingerprint density at radius 1 is 1.35 bits per heavy atom. The zero-order valence-electron chi connectivity index (χ0n) is 9.82. The van der Waals surface area contributed by atoms with Crippen molar-refractivity contribution < 1.29 is 0 Å². The van der Waals surface area contributed by atoms with Crippen molar-refractivity contribution in [1.82, 2.24) is 0 Å². The molecule has 90 valence electrons. The van der Waals surface area contributed by atoms with Crippen molar-refractivity contribution in [1.29, 1.82) is 0 Å². The van der Waals surface area contributed by atoms with E-state index in [1.165, 1.54) is 16.0 Å². The molecule has 1 aromatic carbocycles. The Hall–Kier alpha value is -0.640. The third-order valence-electron chi connectivity index (χ3n) is 2.89. The molecule has 1 heterocycles. The molecule has 0 aliphatic carbocycles. The first-order valence-corrected chi connectivity index (χ1v) is 7.38. The number of hydrogen-bond acceptors (Lipinski definition) is 2. The molecule has 0 aliphatic rings. The lowest BCUT2D eigenvalue weighted by Gasteiger charge is -2.12. The van der Waals surface area contributed by atoms with Crippen molar-refractivity contribution in [3.8, 4) is 0 Å². The highest BCUT2D eigenvalue weighted by Crippen LogP contribution is 2.23. The van der Waals surface area contributed by atoms with E-state index in [9.17, 15) is 0 Å². The highest BCUT2D eigenvalue weighted by atomic mass is 79.9. The van der Waals surface area contributed by atoms with Crippen molar-refractivity contribution in [2.75, 3.05) is 0 Å². The number of hydrogen-bond donors (Lipinski definition) is 1. The van der Waals surface area contributed by atoms with Gasteiger partial charge in [-0.25, -0.2) is 0 Å². The summed E-state index contributed by atoms with van der Waals surface area (Å²) in [6, 6.07) is 10.7. The molecule has 0 saturated heterocycles. The average molecular weight is 310 g/mol. The molecule has 17 heavy (non-hydrogen) atoms. The molecule has 0 bridgehead atoms. The molecule has 0 amide bonds. The molecule has 3 heteroatoms. The second kappa shape index (κ2) is 5.80. The van der Waals surface area contributed by atoms with E-state index < -0.39 is 0 Å². The van der Waals surface area contributed by atoms with Crippen LogP contribution in [0.3, 0.4) is 0 Å². The summed E-state index contributed by atoms with van der Waals surface area (Å²) in [7, 11) is 0. The number of halogens is 1. The van der Waals surface area contributed by atoms with E-state index in [1.54, 1.807) is 11.3 Å². The van der Waals surface area contributed by atoms with Gasteiger partial charge in [-0.15, -0.1) is 11.3 Å². The summed E-state index contributed by atoms with van der Waals surface area (Å²) in [5.74, 6) is 0. The maximum Gasteiger partial charge on any atom is 0.0298 e. The highest BCUT2D eigenvalue weighted by Gasteiger charge is 2.07. The summed E-state index contributed by atoms with van der Waals surface area (Å²) in [5.41, 5.74) is 8.69. The number of aryl methyl sites for hydroxylation is 2. The largest absolute Gasteiger partial charge is 0.324 e. The molecule has 2 rings (SSSR count). The van der Waals surface area contributed by atoms with Gasteiger partial charge in [-0.2, -0.15) is 0 Å². The van der Waals surface area contributed by atoms with Crippen LogP contribution in [-0.4, -0.2) is 0 Å². The van der Waals surface area contributed by atoms with E-state index in [4.69, 9.17) is 5.73 Å². The molecule has 1 atom stereocenters. The molecule has 0 fully saturated rings. The molecule has 0 radical (unpaired) electrons. The molecule has 0 spiro atoms. The minimum Gasteiger partial charge on any atom is -0.324 e. The van der Waals surface area contributed by atoms with E-state index in [0.29, 0.717) is 0 Å². The minimum atomic E-state index is 0.129. The predicted molar refractivity (Wildman–Crippen MR) is 78.4 cm³/mol. The van der Waals surface area contributed by atoms with Gasteiger partial charge in [0.1, 0.15) is 0 Å². The molecular weight excluding hydrogens is 294 g/mol. The first kappa shape index (κ1) is 12.8. The Labute approximate surface area is 115 Å². The lowest BCUT2D eigenvalue weighted by Crippen LogP contribution is -2.11. The fourth-order valence-electron chi connectivity index (χ4n) is 1.82. The second-order valence-electron chi connectivity index (χ2n) is 4.23. The second-order valence-corrected chi connectivity index (χ2v) is 6.12. The van der Waals surface area contributed by atoms with Crippen LogP contribution in [0.15, 0.2) is 40.2 Å². The van der Waals surface area contributed by atoms with Crippen LogP contribution >= 0.6 is 27.3 Å². The van der Waals surface area contributed by atoms with E-state index in [1.807, 2.05) is 0 Å². The molecular formula is C14H16BrNS. The van der Waals surface area contributed by atoms with Gasteiger partial charge in [0.2, 0.25) is 0 Å². The number of thiophene rings is 1. The van der Waals surface area contributed by atoms with Gasteiger partial charge in [-0.05, 0) is 48.4 Å². The van der Waals surface area contributed by atoms with Crippen molar-refractivity contribution in [2.24, 2.45) is 5.73 Å². The van der Waals surface area contributed by atoms with Gasteiger partial charge in [0.05, 0.1) is 0 Å². The van der Waals surface area contributed by atoms with Crippen LogP contribution in [-0.2, 0) is 6.42 Å². The quantitative estimate of drug-likeness (QED) is 0.887. The molecule has 0 aliphatic heterocycles. The number of nitrogens with two attached hydrogens (primary N) is 1. The average Bonchev–Trinajstić information content (AvgIpc) is 2.82. The fourth-order valence-corrected chi connectivity index (χ4v) is 2.79. The number of benzene rings is 1. The SMILES string of the molecule is Cc1cc(C(N)CCc2cccs2)ccc1Br. The molecule has 0 saturated carbocycles. The van der Waals surface area contributed by atoms with Crippen molar-refractivity contribution in [3.05, 3.63) is 56.2 Å². The Morgan fingerprint density at radius 2 is 2.18 bits per heavy atom. The summed E-state index contributed by atoms with van der Waals surface area (Å²) >= 11 is 5.31. The lowest BCUT2D eigenvalue weighted by atomic mass is 10.0. The van der Waals surface area contributed by atoms with Crippen molar-refractivity contribution in [2.45, 2.75) is 25.8 Å². The minimum absolute atomic E-state index is 0.129. The maximum atomic E-state index is 6.22. The topological polar surface area (TPSA) is 26.0 Å². The van der Waals surface area contributed by atoms with Crippen molar-refractivity contribution in [3.63, 3.8) is 0 Å². The van der Waals surface area contributed by atoms with Crippen LogP contribution in [0.25, 0.3) is 0 Å². The summed E-state index contributed by atoms with van der Waals surface area (Å²) in [6.45, 7) is 2.10. The van der Waals surface area contributed by atoms with Crippen LogP contribution in [0, 0.1) is 6.92 Å². The van der Waals surface area contributed by atoms with E-state index in [0.717, 1.165) is 17.3 Å². The van der Waals surface area contributed by atoms with Gasteiger partial charge in [0.25, 0.3) is 0 Å². The van der Waals surface area contributed by atoms with Crippen LogP contribution in [0.5, 0.6) is 0 Å². The third kappa shape index (κ3) is 3.41. The Bertz CT molecular complexity index is 479. The van der Waals surface area contributed by atoms with Crippen molar-refractivity contribution >= 4 is 27.3 Å². The maximum absolute atomic E-state index is 6.22. The van der Waals surface area contributed by atoms with E-state index in [2.05, 4.69) is 58.6 Å². The van der Waals surface area contributed by atoms with Gasteiger partial charge in [-0.1, -0.05) is 34.1 Å². The molecule has 2 N–H and O–H groups in total. The standard InChI is InChI=1S/C14H16BrNS/c1-10-9-11(4-6-13(10)15)14(16)7-5-12-3-2-8-17-12/h2-4,6,8-9,14H,5,7,16H2,1H3. The predicted octanol–water partition coefficient (Wildman–Crippen LogP) is 4.45. The smallest absolute Gasteiger partial charge is 0.0298 e. The summed E-state index contributed by atoms with van der Waals surface area (Å²) < 4.78 is 1.15. The van der Waals surface area contributed by atoms with E-state index >= 15 is 0 Å². The monoisotopic (exact) mass is 309 g/mol. The van der Waals surface area contributed by atoms with Gasteiger partial charge in [0, 0.05) is 15.4 Å². The first-order chi connectivity index (χ1) is 8.16. The molecule has 1 nitrogen and oxygen atoms in total. The van der Waals surface area contributed by atoms with Crippen LogP contribution < -0.4 is 5.73 Å². The van der Waals surface area contributed by atoms with Gasteiger partial charge >= 0.3 is 0 Å². The summed E-state index contributed by atoms with van der Waals surface area (Å²) in [6.07, 6.45) is 2.07. The normalized spacial score (nSPS) is 12.6. The first-order valence-electron chi connectivity index (χ1n) is 5.71. The Morgan fingerprint density at radius 3 is 2.82 bits per heavy atom. The molecule has 1 aromatic heterocycles. The summed E-state index contributed by atoms with van der Waals surface area (Å²) in [5, 5.41) is 2.12. The number of rotatable bonds is 4. The third-order valence-corrected chi connectivity index (χ3v) is 4.72. The lowest BCUT2D eigenvalue weighted by molar-refractivity contribution is 0.655.